The summed E-state index contributed by atoms with van der Waals surface area (Å²) in [5.41, 5.74) is 7.18. The number of fused-ring (bicyclic) bond motifs is 3. The highest BCUT2D eigenvalue weighted by atomic mass is 32.1. The second-order valence-electron chi connectivity index (χ2n) is 5.12. The Labute approximate surface area is 134 Å². The van der Waals surface area contributed by atoms with Crippen LogP contribution in [0.4, 0.5) is 0 Å². The van der Waals surface area contributed by atoms with E-state index in [2.05, 4.69) is 5.10 Å². The molecule has 0 spiro atoms. The number of nitrogens with zero attached hydrogens (tertiary/aromatic N) is 2. The quantitative estimate of drug-likeness (QED) is 0.616. The number of rotatable bonds is 2. The van der Waals surface area contributed by atoms with Crippen molar-refractivity contribution >= 4 is 32.8 Å². The molecule has 23 heavy (non-hydrogen) atoms. The summed E-state index contributed by atoms with van der Waals surface area (Å²) in [7, 11) is 0. The van der Waals surface area contributed by atoms with Gasteiger partial charge in [0.05, 0.1) is 22.0 Å². The van der Waals surface area contributed by atoms with E-state index in [1.807, 2.05) is 41.8 Å². The van der Waals surface area contributed by atoms with Crippen LogP contribution in [0.5, 0.6) is 0 Å². The number of amides is 1. The standard InChI is InChI=1S/C17H11N3O2S/c18-16(21)13-8-12(10-4-2-1-3-5-10)17(22)20-14(13)15-11(9-19-20)6-7-23-15/h1-9H,(H2,18,21). The highest BCUT2D eigenvalue weighted by Crippen LogP contribution is 2.28. The first-order valence-electron chi connectivity index (χ1n) is 6.94. The number of primary amides is 1. The van der Waals surface area contributed by atoms with Gasteiger partial charge in [0.2, 0.25) is 0 Å². The van der Waals surface area contributed by atoms with Gasteiger partial charge in [-0.05, 0) is 23.1 Å². The van der Waals surface area contributed by atoms with Crippen molar-refractivity contribution in [2.45, 2.75) is 0 Å². The zero-order chi connectivity index (χ0) is 16.0. The summed E-state index contributed by atoms with van der Waals surface area (Å²) < 4.78 is 2.09. The third-order valence-electron chi connectivity index (χ3n) is 3.75. The average Bonchev–Trinajstić information content (AvgIpc) is 3.04. The van der Waals surface area contributed by atoms with Crippen molar-refractivity contribution in [1.82, 2.24) is 9.61 Å². The topological polar surface area (TPSA) is 77.5 Å². The highest BCUT2D eigenvalue weighted by molar-refractivity contribution is 7.18. The molecule has 0 saturated heterocycles. The van der Waals surface area contributed by atoms with Gasteiger partial charge in [0.1, 0.15) is 0 Å². The van der Waals surface area contributed by atoms with Gasteiger partial charge in [0, 0.05) is 10.9 Å². The third kappa shape index (κ3) is 2.03. The molecule has 6 heteroatoms. The lowest BCUT2D eigenvalue weighted by Gasteiger charge is -2.09. The van der Waals surface area contributed by atoms with E-state index < -0.39 is 5.91 Å². The third-order valence-corrected chi connectivity index (χ3v) is 4.69. The molecule has 5 nitrogen and oxygen atoms in total. The number of hydrogen-bond donors (Lipinski definition) is 1. The van der Waals surface area contributed by atoms with E-state index in [1.165, 1.54) is 15.9 Å². The zero-order valence-electron chi connectivity index (χ0n) is 11.9. The summed E-state index contributed by atoms with van der Waals surface area (Å²) in [4.78, 5) is 24.8. The molecular weight excluding hydrogens is 310 g/mol. The number of carbonyl (C=O) groups excluding carboxylic acids is 1. The van der Waals surface area contributed by atoms with E-state index in [4.69, 9.17) is 5.73 Å². The van der Waals surface area contributed by atoms with E-state index in [9.17, 15) is 9.59 Å². The van der Waals surface area contributed by atoms with Gasteiger partial charge in [-0.3, -0.25) is 9.59 Å². The second kappa shape index (κ2) is 5.03. The molecule has 0 fully saturated rings. The fourth-order valence-electron chi connectivity index (χ4n) is 2.68. The molecule has 3 heterocycles. The maximum absolute atomic E-state index is 12.8. The largest absolute Gasteiger partial charge is 0.366 e. The van der Waals surface area contributed by atoms with Gasteiger partial charge < -0.3 is 5.73 Å². The number of aromatic nitrogens is 2. The Morgan fingerprint density at radius 2 is 1.96 bits per heavy atom. The van der Waals surface area contributed by atoms with Crippen LogP contribution in [0.25, 0.3) is 26.7 Å². The summed E-state index contributed by atoms with van der Waals surface area (Å²) in [6.07, 6.45) is 1.62. The Kier molecular flexibility index (Phi) is 2.99. The van der Waals surface area contributed by atoms with Crippen LogP contribution in [-0.2, 0) is 0 Å². The minimum atomic E-state index is -0.581. The van der Waals surface area contributed by atoms with Crippen molar-refractivity contribution in [2.24, 2.45) is 5.73 Å². The summed E-state index contributed by atoms with van der Waals surface area (Å²) in [5.74, 6) is -0.581. The molecule has 0 unspecified atom stereocenters. The summed E-state index contributed by atoms with van der Waals surface area (Å²) in [5, 5.41) is 6.99. The zero-order valence-corrected chi connectivity index (χ0v) is 12.7. The van der Waals surface area contributed by atoms with Gasteiger partial charge in [-0.1, -0.05) is 30.3 Å². The van der Waals surface area contributed by atoms with Crippen LogP contribution in [0.1, 0.15) is 10.4 Å². The first-order chi connectivity index (χ1) is 11.2. The van der Waals surface area contributed by atoms with Crippen molar-refractivity contribution in [3.63, 3.8) is 0 Å². The Bertz CT molecular complexity index is 1110. The van der Waals surface area contributed by atoms with Crippen molar-refractivity contribution in [3.8, 4) is 11.1 Å². The molecule has 0 bridgehead atoms. The van der Waals surface area contributed by atoms with E-state index >= 15 is 0 Å². The fraction of sp³-hybridized carbons (Fsp3) is 0. The fourth-order valence-corrected chi connectivity index (χ4v) is 3.59. The molecule has 4 rings (SSSR count). The summed E-state index contributed by atoms with van der Waals surface area (Å²) in [6.45, 7) is 0. The van der Waals surface area contributed by atoms with Crippen LogP contribution in [0.15, 0.2) is 58.8 Å². The maximum Gasteiger partial charge on any atom is 0.279 e. The summed E-state index contributed by atoms with van der Waals surface area (Å²) >= 11 is 1.45. The van der Waals surface area contributed by atoms with Gasteiger partial charge in [0.25, 0.3) is 11.5 Å². The molecule has 1 amide bonds. The van der Waals surface area contributed by atoms with Crippen LogP contribution in [-0.4, -0.2) is 15.5 Å². The van der Waals surface area contributed by atoms with Gasteiger partial charge in [0.15, 0.2) is 0 Å². The second-order valence-corrected chi connectivity index (χ2v) is 6.03. The smallest absolute Gasteiger partial charge is 0.279 e. The number of pyridine rings is 1. The number of carbonyl (C=O) groups is 1. The van der Waals surface area contributed by atoms with Gasteiger partial charge >= 0.3 is 0 Å². The van der Waals surface area contributed by atoms with E-state index in [0.29, 0.717) is 16.6 Å². The Morgan fingerprint density at radius 3 is 2.70 bits per heavy atom. The van der Waals surface area contributed by atoms with Crippen molar-refractivity contribution in [3.05, 3.63) is 70.0 Å². The van der Waals surface area contributed by atoms with E-state index in [-0.39, 0.29) is 5.56 Å². The van der Waals surface area contributed by atoms with Gasteiger partial charge in [-0.25, -0.2) is 0 Å². The van der Waals surface area contributed by atoms with Crippen molar-refractivity contribution < 1.29 is 4.79 Å². The first kappa shape index (κ1) is 13.7. The number of nitrogens with two attached hydrogens (primary N) is 1. The van der Waals surface area contributed by atoms with Crippen LogP contribution < -0.4 is 11.3 Å². The number of thiophene rings is 1. The Morgan fingerprint density at radius 1 is 1.17 bits per heavy atom. The van der Waals surface area contributed by atoms with E-state index in [0.717, 1.165) is 15.6 Å². The molecule has 2 N–H and O–H groups in total. The lowest BCUT2D eigenvalue weighted by molar-refractivity contribution is 0.100. The molecule has 0 aliphatic heterocycles. The van der Waals surface area contributed by atoms with Crippen LogP contribution in [0, 0.1) is 0 Å². The molecule has 112 valence electrons. The van der Waals surface area contributed by atoms with Gasteiger partial charge in [-0.15, -0.1) is 11.3 Å². The first-order valence-corrected chi connectivity index (χ1v) is 7.82. The number of hydrogen-bond acceptors (Lipinski definition) is 4. The van der Waals surface area contributed by atoms with Crippen molar-refractivity contribution in [1.29, 1.82) is 0 Å². The normalized spacial score (nSPS) is 11.1. The Balaban J connectivity index is 2.21. The molecule has 0 atom stereocenters. The molecule has 1 aromatic carbocycles. The SMILES string of the molecule is NC(=O)c1cc(-c2ccccc2)c(=O)n2ncc3ccsc3c12. The lowest BCUT2D eigenvalue weighted by atomic mass is 10.0. The lowest BCUT2D eigenvalue weighted by Crippen LogP contribution is -2.23. The molecule has 0 aliphatic rings. The van der Waals surface area contributed by atoms with Crippen LogP contribution in [0.3, 0.4) is 0 Å². The van der Waals surface area contributed by atoms with Gasteiger partial charge in [-0.2, -0.15) is 9.61 Å². The maximum atomic E-state index is 12.8. The van der Waals surface area contributed by atoms with E-state index in [1.54, 1.807) is 12.3 Å². The Hall–Kier alpha value is -2.99. The molecule has 0 radical (unpaired) electrons. The number of benzene rings is 1. The van der Waals surface area contributed by atoms with Crippen molar-refractivity contribution in [2.75, 3.05) is 0 Å². The van der Waals surface area contributed by atoms with Crippen LogP contribution in [0.2, 0.25) is 0 Å². The predicted molar refractivity (Wildman–Crippen MR) is 90.8 cm³/mol. The monoisotopic (exact) mass is 321 g/mol. The predicted octanol–water partition coefficient (Wildman–Crippen LogP) is 2.68. The summed E-state index contributed by atoms with van der Waals surface area (Å²) in [6, 6.07) is 12.6. The molecule has 4 aromatic rings. The highest BCUT2D eigenvalue weighted by Gasteiger charge is 2.17. The molecule has 0 saturated carbocycles. The minimum Gasteiger partial charge on any atom is -0.366 e. The molecular formula is C17H11N3O2S. The molecule has 3 aromatic heterocycles. The molecule has 0 aliphatic carbocycles. The average molecular weight is 321 g/mol. The van der Waals surface area contributed by atoms with Crippen LogP contribution >= 0.6 is 11.3 Å². The minimum absolute atomic E-state index is 0.272.